The number of carboxylic acid groups (broad SMARTS) is 1. The van der Waals surface area contributed by atoms with Gasteiger partial charge in [-0.15, -0.1) is 0 Å². The Morgan fingerprint density at radius 2 is 1.68 bits per heavy atom. The summed E-state index contributed by atoms with van der Waals surface area (Å²) in [5.74, 6) is 0.0723. The average Bonchev–Trinajstić information content (AvgIpc) is 2.74. The summed E-state index contributed by atoms with van der Waals surface area (Å²) in [4.78, 5) is 22.5. The third kappa shape index (κ3) is 3.24. The van der Waals surface area contributed by atoms with Crippen LogP contribution in [0.3, 0.4) is 0 Å². The maximum Gasteiger partial charge on any atom is 0.315 e. The number of nitrogens with one attached hydrogen (secondary N) is 2. The first-order chi connectivity index (χ1) is 10.6. The molecule has 2 atom stereocenters. The molecule has 5 heteroatoms. The second-order valence-corrected chi connectivity index (χ2v) is 6.34. The number of carbonyl (C=O) groups excluding carboxylic acids is 1. The number of carbonyl (C=O) groups is 2. The number of fused-ring (bicyclic) bond motifs is 3. The largest absolute Gasteiger partial charge is 0.481 e. The number of carboxylic acids is 1. The fourth-order valence-electron chi connectivity index (χ4n) is 3.87. The topological polar surface area (TPSA) is 78.4 Å². The molecule has 3 N–H and O–H groups in total. The molecule has 1 fully saturated rings. The smallest absolute Gasteiger partial charge is 0.315 e. The van der Waals surface area contributed by atoms with Crippen LogP contribution in [-0.2, 0) is 17.6 Å². The average molecular weight is 302 g/mol. The van der Waals surface area contributed by atoms with Crippen LogP contribution in [0.1, 0.15) is 30.4 Å². The molecule has 1 aromatic carbocycles. The number of urea groups is 1. The van der Waals surface area contributed by atoms with Crippen molar-refractivity contribution in [2.75, 3.05) is 6.54 Å². The van der Waals surface area contributed by atoms with Crippen molar-refractivity contribution >= 4 is 12.0 Å². The summed E-state index contributed by atoms with van der Waals surface area (Å²) >= 11 is 0. The number of rotatable bonds is 4. The van der Waals surface area contributed by atoms with Crippen LogP contribution in [0.2, 0.25) is 0 Å². The second kappa shape index (κ2) is 6.38. The lowest BCUT2D eigenvalue weighted by molar-refractivity contribution is -0.136. The zero-order valence-electron chi connectivity index (χ0n) is 12.5. The predicted octanol–water partition coefficient (Wildman–Crippen LogP) is 1.95. The van der Waals surface area contributed by atoms with E-state index in [0.717, 1.165) is 25.7 Å². The summed E-state index contributed by atoms with van der Waals surface area (Å²) in [6.07, 6.45) is 4.30. The van der Waals surface area contributed by atoms with Gasteiger partial charge < -0.3 is 15.7 Å². The third-order valence-electron chi connectivity index (χ3n) is 4.93. The van der Waals surface area contributed by atoms with Crippen molar-refractivity contribution in [3.8, 4) is 0 Å². The molecule has 0 heterocycles. The summed E-state index contributed by atoms with van der Waals surface area (Å²) in [6.45, 7) is 0.170. The van der Waals surface area contributed by atoms with Gasteiger partial charge in [0.05, 0.1) is 6.42 Å². The van der Waals surface area contributed by atoms with Crippen LogP contribution in [0.15, 0.2) is 24.3 Å². The zero-order chi connectivity index (χ0) is 15.5. The SMILES string of the molecule is O=C(O)CCNC(=O)NC1C2CCC1Cc1ccccc1C2. The molecule has 2 aliphatic rings. The van der Waals surface area contributed by atoms with Crippen LogP contribution in [0, 0.1) is 11.8 Å². The van der Waals surface area contributed by atoms with E-state index in [1.807, 2.05) is 0 Å². The molecule has 0 aromatic heterocycles. The lowest BCUT2D eigenvalue weighted by Crippen LogP contribution is -2.47. The molecular weight excluding hydrogens is 280 g/mol. The molecule has 2 unspecified atom stereocenters. The fraction of sp³-hybridized carbons (Fsp3) is 0.529. The van der Waals surface area contributed by atoms with E-state index >= 15 is 0 Å². The molecule has 2 aliphatic carbocycles. The molecule has 0 saturated heterocycles. The van der Waals surface area contributed by atoms with Gasteiger partial charge in [-0.3, -0.25) is 4.79 Å². The first-order valence-electron chi connectivity index (χ1n) is 7.96. The summed E-state index contributed by atoms with van der Waals surface area (Å²) < 4.78 is 0. The van der Waals surface area contributed by atoms with Gasteiger partial charge in [0.15, 0.2) is 0 Å². The molecule has 1 saturated carbocycles. The Morgan fingerprint density at radius 3 is 2.23 bits per heavy atom. The second-order valence-electron chi connectivity index (χ2n) is 6.34. The normalized spacial score (nSPS) is 25.9. The van der Waals surface area contributed by atoms with Crippen LogP contribution in [-0.4, -0.2) is 29.7 Å². The highest BCUT2D eigenvalue weighted by atomic mass is 16.4. The number of hydrogen-bond donors (Lipinski definition) is 3. The highest BCUT2D eigenvalue weighted by Gasteiger charge is 2.39. The maximum absolute atomic E-state index is 12.0. The molecular formula is C17H22N2O3. The Kier molecular flexibility index (Phi) is 4.32. The molecule has 0 spiro atoms. The minimum absolute atomic E-state index is 0.0453. The van der Waals surface area contributed by atoms with E-state index in [9.17, 15) is 9.59 Å². The predicted molar refractivity (Wildman–Crippen MR) is 82.6 cm³/mol. The van der Waals surface area contributed by atoms with Gasteiger partial charge in [-0.2, -0.15) is 0 Å². The summed E-state index contributed by atoms with van der Waals surface area (Å²) in [5, 5.41) is 14.3. The molecule has 1 aromatic rings. The molecule has 0 aliphatic heterocycles. The lowest BCUT2D eigenvalue weighted by Gasteiger charge is -2.23. The maximum atomic E-state index is 12.0. The molecule has 118 valence electrons. The van der Waals surface area contributed by atoms with E-state index in [4.69, 9.17) is 5.11 Å². The number of benzene rings is 1. The number of hydrogen-bond acceptors (Lipinski definition) is 2. The van der Waals surface area contributed by atoms with Crippen molar-refractivity contribution < 1.29 is 14.7 Å². The Labute approximate surface area is 130 Å². The van der Waals surface area contributed by atoms with Crippen LogP contribution in [0.25, 0.3) is 0 Å². The van der Waals surface area contributed by atoms with E-state index in [1.54, 1.807) is 0 Å². The van der Waals surface area contributed by atoms with Crippen molar-refractivity contribution in [2.45, 2.75) is 38.1 Å². The minimum atomic E-state index is -0.898. The van der Waals surface area contributed by atoms with E-state index in [2.05, 4.69) is 34.9 Å². The Bertz CT molecular complexity index is 540. The quantitative estimate of drug-likeness (QED) is 0.795. The fourth-order valence-corrected chi connectivity index (χ4v) is 3.87. The van der Waals surface area contributed by atoms with Gasteiger partial charge >= 0.3 is 12.0 Å². The Morgan fingerprint density at radius 1 is 1.09 bits per heavy atom. The standard InChI is InChI=1S/C17H22N2O3/c20-15(21)7-8-18-17(22)19-16-13-5-6-14(16)10-12-4-2-1-3-11(12)9-13/h1-4,13-14,16H,5-10H2,(H,20,21)(H2,18,19,22). The highest BCUT2D eigenvalue weighted by Crippen LogP contribution is 2.39. The van der Waals surface area contributed by atoms with Crippen LogP contribution in [0.4, 0.5) is 4.79 Å². The number of aliphatic carboxylic acids is 1. The van der Waals surface area contributed by atoms with Crippen molar-refractivity contribution in [1.29, 1.82) is 0 Å². The van der Waals surface area contributed by atoms with Gasteiger partial charge in [-0.1, -0.05) is 24.3 Å². The van der Waals surface area contributed by atoms with Crippen molar-refractivity contribution in [3.63, 3.8) is 0 Å². The van der Waals surface area contributed by atoms with Gasteiger partial charge in [0.1, 0.15) is 0 Å². The summed E-state index contributed by atoms with van der Waals surface area (Å²) in [7, 11) is 0. The molecule has 0 radical (unpaired) electrons. The van der Waals surface area contributed by atoms with E-state index in [0.29, 0.717) is 11.8 Å². The van der Waals surface area contributed by atoms with Crippen molar-refractivity contribution in [2.24, 2.45) is 11.8 Å². The van der Waals surface area contributed by atoms with Gasteiger partial charge in [0.2, 0.25) is 0 Å². The monoisotopic (exact) mass is 302 g/mol. The van der Waals surface area contributed by atoms with E-state index in [1.165, 1.54) is 11.1 Å². The van der Waals surface area contributed by atoms with Crippen LogP contribution in [0.5, 0.6) is 0 Å². The van der Waals surface area contributed by atoms with Gasteiger partial charge in [-0.25, -0.2) is 4.79 Å². The molecule has 22 heavy (non-hydrogen) atoms. The highest BCUT2D eigenvalue weighted by molar-refractivity contribution is 5.75. The lowest BCUT2D eigenvalue weighted by atomic mass is 9.94. The molecule has 2 amide bonds. The molecule has 2 bridgehead atoms. The Hall–Kier alpha value is -2.04. The van der Waals surface area contributed by atoms with Gasteiger partial charge in [0.25, 0.3) is 0 Å². The van der Waals surface area contributed by atoms with Gasteiger partial charge in [0, 0.05) is 12.6 Å². The van der Waals surface area contributed by atoms with E-state index < -0.39 is 5.97 Å². The molecule has 5 nitrogen and oxygen atoms in total. The van der Waals surface area contributed by atoms with Gasteiger partial charge in [-0.05, 0) is 48.6 Å². The van der Waals surface area contributed by atoms with E-state index in [-0.39, 0.29) is 25.0 Å². The first kappa shape index (κ1) is 14.9. The third-order valence-corrected chi connectivity index (χ3v) is 4.93. The number of amides is 2. The van der Waals surface area contributed by atoms with Crippen molar-refractivity contribution in [1.82, 2.24) is 10.6 Å². The van der Waals surface area contributed by atoms with Crippen LogP contribution < -0.4 is 10.6 Å². The minimum Gasteiger partial charge on any atom is -0.481 e. The van der Waals surface area contributed by atoms with Crippen LogP contribution >= 0.6 is 0 Å². The Balaban J connectivity index is 1.61. The first-order valence-corrected chi connectivity index (χ1v) is 7.96. The molecule has 3 rings (SSSR count). The zero-order valence-corrected chi connectivity index (χ0v) is 12.5. The van der Waals surface area contributed by atoms with Crippen molar-refractivity contribution in [3.05, 3.63) is 35.4 Å². The summed E-state index contributed by atoms with van der Waals surface area (Å²) in [5.41, 5.74) is 2.82. The summed E-state index contributed by atoms with van der Waals surface area (Å²) in [6, 6.07) is 8.50.